The third kappa shape index (κ3) is 1.91. The Labute approximate surface area is 114 Å². The molecule has 20 heavy (non-hydrogen) atoms. The monoisotopic (exact) mass is 268 g/mol. The van der Waals surface area contributed by atoms with Gasteiger partial charge in [0.2, 0.25) is 0 Å². The van der Waals surface area contributed by atoms with Crippen LogP contribution in [0, 0.1) is 13.8 Å². The predicted octanol–water partition coefficient (Wildman–Crippen LogP) is 2.11. The lowest BCUT2D eigenvalue weighted by Gasteiger charge is -2.05. The van der Waals surface area contributed by atoms with Gasteiger partial charge in [-0.15, -0.1) is 0 Å². The highest BCUT2D eigenvalue weighted by molar-refractivity contribution is 5.94. The summed E-state index contributed by atoms with van der Waals surface area (Å²) >= 11 is 0. The lowest BCUT2D eigenvalue weighted by Crippen LogP contribution is -2.01. The van der Waals surface area contributed by atoms with Gasteiger partial charge in [0.15, 0.2) is 5.65 Å². The molecule has 100 valence electrons. The van der Waals surface area contributed by atoms with Crippen LogP contribution in [-0.2, 0) is 0 Å². The van der Waals surface area contributed by atoms with Crippen LogP contribution in [0.15, 0.2) is 30.6 Å². The topological polar surface area (TPSA) is 80.4 Å². The van der Waals surface area contributed by atoms with Crippen LogP contribution in [0.4, 0.5) is 0 Å². The lowest BCUT2D eigenvalue weighted by molar-refractivity contribution is 0.0699. The fourth-order valence-corrected chi connectivity index (χ4v) is 2.03. The standard InChI is InChI=1S/C14H12N4O2/c1-8-3-4-10(6-15-8)12-5-9(2)18-13(17-12)11(7-16-18)14(19)20/h3-7H,1-2H3,(H,19,20). The van der Waals surface area contributed by atoms with Gasteiger partial charge >= 0.3 is 5.97 Å². The van der Waals surface area contributed by atoms with Gasteiger partial charge in [0.1, 0.15) is 5.56 Å². The molecule has 6 nitrogen and oxygen atoms in total. The number of fused-ring (bicyclic) bond motifs is 1. The number of aromatic carboxylic acids is 1. The smallest absolute Gasteiger partial charge is 0.341 e. The van der Waals surface area contributed by atoms with Crippen molar-refractivity contribution in [3.63, 3.8) is 0 Å². The number of hydrogen-bond donors (Lipinski definition) is 1. The minimum Gasteiger partial charge on any atom is -0.477 e. The van der Waals surface area contributed by atoms with Crippen molar-refractivity contribution < 1.29 is 9.90 Å². The molecular formula is C14H12N4O2. The normalized spacial score (nSPS) is 10.9. The number of carbonyl (C=O) groups is 1. The summed E-state index contributed by atoms with van der Waals surface area (Å²) in [5.41, 5.74) is 3.70. The Morgan fingerprint density at radius 1 is 1.25 bits per heavy atom. The van der Waals surface area contributed by atoms with Crippen LogP contribution >= 0.6 is 0 Å². The van der Waals surface area contributed by atoms with E-state index in [0.29, 0.717) is 11.3 Å². The predicted molar refractivity (Wildman–Crippen MR) is 72.7 cm³/mol. The van der Waals surface area contributed by atoms with E-state index in [9.17, 15) is 4.79 Å². The maximum Gasteiger partial charge on any atom is 0.341 e. The molecule has 0 saturated heterocycles. The zero-order chi connectivity index (χ0) is 14.3. The number of carboxylic acids is 1. The molecule has 0 fully saturated rings. The maximum atomic E-state index is 11.2. The first-order chi connectivity index (χ1) is 9.56. The van der Waals surface area contributed by atoms with Crippen LogP contribution in [0.1, 0.15) is 21.7 Å². The van der Waals surface area contributed by atoms with Gasteiger partial charge in [-0.25, -0.2) is 14.3 Å². The van der Waals surface area contributed by atoms with Gasteiger partial charge in [-0.1, -0.05) is 0 Å². The van der Waals surface area contributed by atoms with Crippen molar-refractivity contribution in [2.45, 2.75) is 13.8 Å². The Balaban J connectivity index is 2.24. The van der Waals surface area contributed by atoms with E-state index in [-0.39, 0.29) is 5.56 Å². The Morgan fingerprint density at radius 2 is 2.05 bits per heavy atom. The summed E-state index contributed by atoms with van der Waals surface area (Å²) in [5, 5.41) is 13.2. The molecule has 0 aliphatic heterocycles. The molecule has 0 radical (unpaired) electrons. The van der Waals surface area contributed by atoms with Crippen LogP contribution in [0.3, 0.4) is 0 Å². The third-order valence-corrected chi connectivity index (χ3v) is 3.09. The summed E-state index contributed by atoms with van der Waals surface area (Å²) in [4.78, 5) is 19.8. The van der Waals surface area contributed by atoms with Gasteiger partial charge in [-0.2, -0.15) is 5.10 Å². The fourth-order valence-electron chi connectivity index (χ4n) is 2.03. The SMILES string of the molecule is Cc1ccc(-c2cc(C)n3ncc(C(=O)O)c3n2)cn1. The van der Waals surface area contributed by atoms with E-state index in [4.69, 9.17) is 5.11 Å². The molecule has 3 aromatic rings. The van der Waals surface area contributed by atoms with Crippen molar-refractivity contribution in [3.8, 4) is 11.3 Å². The molecule has 0 aliphatic carbocycles. The summed E-state index contributed by atoms with van der Waals surface area (Å²) in [6, 6.07) is 5.67. The molecule has 3 heterocycles. The summed E-state index contributed by atoms with van der Waals surface area (Å²) < 4.78 is 1.52. The Kier molecular flexibility index (Phi) is 2.71. The summed E-state index contributed by atoms with van der Waals surface area (Å²) in [6.45, 7) is 3.77. The average molecular weight is 268 g/mol. The van der Waals surface area contributed by atoms with Crippen molar-refractivity contribution in [3.05, 3.63) is 47.5 Å². The van der Waals surface area contributed by atoms with Gasteiger partial charge < -0.3 is 5.11 Å². The second kappa shape index (κ2) is 4.41. The van der Waals surface area contributed by atoms with Gasteiger partial charge in [0.25, 0.3) is 0 Å². The van der Waals surface area contributed by atoms with Crippen LogP contribution in [0.25, 0.3) is 16.9 Å². The van der Waals surface area contributed by atoms with E-state index < -0.39 is 5.97 Å². The van der Waals surface area contributed by atoms with E-state index >= 15 is 0 Å². The van der Waals surface area contributed by atoms with Gasteiger partial charge in [0, 0.05) is 23.1 Å². The summed E-state index contributed by atoms with van der Waals surface area (Å²) in [5.74, 6) is -1.04. The molecule has 3 rings (SSSR count). The second-order valence-corrected chi connectivity index (χ2v) is 4.57. The zero-order valence-corrected chi connectivity index (χ0v) is 11.0. The average Bonchev–Trinajstić information content (AvgIpc) is 2.84. The van der Waals surface area contributed by atoms with Gasteiger partial charge in [0.05, 0.1) is 11.9 Å². The number of hydrogen-bond acceptors (Lipinski definition) is 4. The van der Waals surface area contributed by atoms with Gasteiger partial charge in [-0.3, -0.25) is 4.98 Å². The van der Waals surface area contributed by atoms with E-state index in [1.54, 1.807) is 6.20 Å². The van der Waals surface area contributed by atoms with Crippen LogP contribution in [-0.4, -0.2) is 30.7 Å². The Hall–Kier alpha value is -2.76. The first-order valence-corrected chi connectivity index (χ1v) is 6.08. The first kappa shape index (κ1) is 12.3. The fraction of sp³-hybridized carbons (Fsp3) is 0.143. The number of aromatic nitrogens is 4. The molecular weight excluding hydrogens is 256 g/mol. The largest absolute Gasteiger partial charge is 0.477 e. The quantitative estimate of drug-likeness (QED) is 0.769. The Morgan fingerprint density at radius 3 is 2.70 bits per heavy atom. The zero-order valence-electron chi connectivity index (χ0n) is 11.0. The molecule has 1 N–H and O–H groups in total. The van der Waals surface area contributed by atoms with E-state index in [1.165, 1.54) is 10.7 Å². The van der Waals surface area contributed by atoms with Crippen LogP contribution in [0.5, 0.6) is 0 Å². The second-order valence-electron chi connectivity index (χ2n) is 4.57. The van der Waals surface area contributed by atoms with Crippen molar-refractivity contribution in [1.29, 1.82) is 0 Å². The molecule has 3 aromatic heterocycles. The third-order valence-electron chi connectivity index (χ3n) is 3.09. The number of nitrogens with zero attached hydrogens (tertiary/aromatic N) is 4. The molecule has 0 amide bonds. The molecule has 0 atom stereocenters. The Bertz CT molecular complexity index is 806. The lowest BCUT2D eigenvalue weighted by atomic mass is 10.1. The highest BCUT2D eigenvalue weighted by Gasteiger charge is 2.15. The van der Waals surface area contributed by atoms with Crippen molar-refractivity contribution >= 4 is 11.6 Å². The van der Waals surface area contributed by atoms with E-state index in [1.807, 2.05) is 32.0 Å². The molecule has 0 saturated carbocycles. The number of pyridine rings is 1. The highest BCUT2D eigenvalue weighted by atomic mass is 16.4. The number of aryl methyl sites for hydroxylation is 2. The van der Waals surface area contributed by atoms with Crippen LogP contribution in [0.2, 0.25) is 0 Å². The van der Waals surface area contributed by atoms with Crippen molar-refractivity contribution in [2.75, 3.05) is 0 Å². The van der Waals surface area contributed by atoms with E-state index in [0.717, 1.165) is 17.0 Å². The molecule has 6 heteroatoms. The summed E-state index contributed by atoms with van der Waals surface area (Å²) in [7, 11) is 0. The van der Waals surface area contributed by atoms with E-state index in [2.05, 4.69) is 15.1 Å². The maximum absolute atomic E-state index is 11.2. The van der Waals surface area contributed by atoms with Gasteiger partial charge in [-0.05, 0) is 32.0 Å². The first-order valence-electron chi connectivity index (χ1n) is 6.08. The van der Waals surface area contributed by atoms with Crippen LogP contribution < -0.4 is 0 Å². The minimum atomic E-state index is -1.04. The van der Waals surface area contributed by atoms with Crippen molar-refractivity contribution in [1.82, 2.24) is 19.6 Å². The minimum absolute atomic E-state index is 0.0926. The molecule has 0 aromatic carbocycles. The molecule has 0 spiro atoms. The number of carboxylic acid groups (broad SMARTS) is 1. The number of rotatable bonds is 2. The molecule has 0 aliphatic rings. The molecule has 0 bridgehead atoms. The summed E-state index contributed by atoms with van der Waals surface area (Å²) in [6.07, 6.45) is 3.04. The van der Waals surface area contributed by atoms with Crippen molar-refractivity contribution in [2.24, 2.45) is 0 Å². The highest BCUT2D eigenvalue weighted by Crippen LogP contribution is 2.20. The molecule has 0 unspecified atom stereocenters.